The number of carboxylic acid groups (broad SMARTS) is 1. The van der Waals surface area contributed by atoms with Crippen molar-refractivity contribution in [2.45, 2.75) is 25.8 Å². The fourth-order valence-corrected chi connectivity index (χ4v) is 4.00. The van der Waals surface area contributed by atoms with Crippen LogP contribution in [0.3, 0.4) is 0 Å². The van der Waals surface area contributed by atoms with Gasteiger partial charge in [0.15, 0.2) is 23.2 Å². The fourth-order valence-electron chi connectivity index (χ4n) is 4.00. The smallest absolute Gasteiger partial charge is 0.305 e. The zero-order valence-corrected chi connectivity index (χ0v) is 21.8. The zero-order chi connectivity index (χ0) is 30.3. The van der Waals surface area contributed by atoms with Crippen LogP contribution >= 0.6 is 0 Å². The van der Waals surface area contributed by atoms with Gasteiger partial charge in [-0.25, -0.2) is 13.2 Å². The van der Waals surface area contributed by atoms with Crippen LogP contribution in [0.2, 0.25) is 0 Å². The predicted molar refractivity (Wildman–Crippen MR) is 132 cm³/mol. The highest BCUT2D eigenvalue weighted by molar-refractivity contribution is 6.36. The van der Waals surface area contributed by atoms with E-state index in [1.165, 1.54) is 18.2 Å². The summed E-state index contributed by atoms with van der Waals surface area (Å²) in [7, 11) is 0. The van der Waals surface area contributed by atoms with Gasteiger partial charge < -0.3 is 24.8 Å². The summed E-state index contributed by atoms with van der Waals surface area (Å²) in [5.74, 6) is -12.8. The molecule has 1 aliphatic heterocycles. The van der Waals surface area contributed by atoms with Crippen LogP contribution in [0, 0.1) is 36.1 Å². The van der Waals surface area contributed by atoms with E-state index in [1.54, 1.807) is 0 Å². The van der Waals surface area contributed by atoms with Gasteiger partial charge in [0.05, 0.1) is 25.6 Å². The SMILES string of the molecule is Cc1cc(F)c(F)c(OCC(=O)[C@H](CC(=O)O)NC(=O)[C@@H]2COCCN(C(=O)C(=O)Cc3ccccc3F)C2)c1F. The topological polar surface area (TPSA) is 139 Å². The molecule has 1 aliphatic rings. The van der Waals surface area contributed by atoms with Crippen LogP contribution in [0.25, 0.3) is 0 Å². The van der Waals surface area contributed by atoms with E-state index in [0.29, 0.717) is 6.07 Å². The van der Waals surface area contributed by atoms with Crippen LogP contribution in [0.1, 0.15) is 17.5 Å². The number of carbonyl (C=O) groups excluding carboxylic acids is 4. The number of rotatable bonds is 11. The third-order valence-corrected chi connectivity index (χ3v) is 6.21. The Morgan fingerprint density at radius 2 is 1.80 bits per heavy atom. The van der Waals surface area contributed by atoms with Crippen LogP contribution in [-0.4, -0.2) is 78.3 Å². The maximum Gasteiger partial charge on any atom is 0.305 e. The standard InChI is InChI=1S/C27H26F4N2O8/c1-14-8-18(29)24(31)25(23(14)30)41-13-21(35)19(10-22(36)37)32-26(38)16-11-33(6-7-40-12-16)27(39)20(34)9-15-4-2-3-5-17(15)28/h2-5,8,16,19H,6-7,9-13H2,1H3,(H,32,38)(H,36,37)/t16-,19-/m0/s1. The normalized spacial score (nSPS) is 15.9. The van der Waals surface area contributed by atoms with Crippen molar-refractivity contribution in [3.8, 4) is 5.75 Å². The van der Waals surface area contributed by atoms with Gasteiger partial charge in [0.1, 0.15) is 18.5 Å². The van der Waals surface area contributed by atoms with Gasteiger partial charge in [0.25, 0.3) is 5.91 Å². The van der Waals surface area contributed by atoms with Crippen LogP contribution in [0.15, 0.2) is 30.3 Å². The number of halogens is 4. The number of aryl methyl sites for hydroxylation is 1. The van der Waals surface area contributed by atoms with Crippen molar-refractivity contribution in [2.24, 2.45) is 5.92 Å². The van der Waals surface area contributed by atoms with Crippen molar-refractivity contribution in [3.63, 3.8) is 0 Å². The molecule has 2 atom stereocenters. The summed E-state index contributed by atoms with van der Waals surface area (Å²) in [6.07, 6.45) is -1.45. The first kappa shape index (κ1) is 31.2. The minimum absolute atomic E-state index is 0.0108. The lowest BCUT2D eigenvalue weighted by atomic mass is 10.0. The summed E-state index contributed by atoms with van der Waals surface area (Å²) in [4.78, 5) is 63.3. The third-order valence-electron chi connectivity index (χ3n) is 6.21. The Hall–Kier alpha value is -4.33. The van der Waals surface area contributed by atoms with E-state index in [-0.39, 0.29) is 37.4 Å². The highest BCUT2D eigenvalue weighted by Crippen LogP contribution is 2.27. The first-order valence-corrected chi connectivity index (χ1v) is 12.3. The van der Waals surface area contributed by atoms with Gasteiger partial charge in [-0.15, -0.1) is 0 Å². The van der Waals surface area contributed by atoms with Gasteiger partial charge in [0, 0.05) is 19.5 Å². The Morgan fingerprint density at radius 3 is 2.49 bits per heavy atom. The van der Waals surface area contributed by atoms with Crippen molar-refractivity contribution in [2.75, 3.05) is 32.9 Å². The Morgan fingerprint density at radius 1 is 1.10 bits per heavy atom. The zero-order valence-electron chi connectivity index (χ0n) is 21.8. The molecule has 0 unspecified atom stereocenters. The van der Waals surface area contributed by atoms with Gasteiger partial charge in [-0.3, -0.25) is 24.0 Å². The number of Topliss-reactive ketones (excluding diaryl/α,β-unsaturated/α-hetero) is 2. The van der Waals surface area contributed by atoms with E-state index in [1.807, 2.05) is 0 Å². The van der Waals surface area contributed by atoms with E-state index >= 15 is 0 Å². The van der Waals surface area contributed by atoms with Crippen molar-refractivity contribution in [1.82, 2.24) is 10.2 Å². The number of hydrogen-bond donors (Lipinski definition) is 2. The van der Waals surface area contributed by atoms with Crippen LogP contribution < -0.4 is 10.1 Å². The number of benzene rings is 2. The maximum atomic E-state index is 14.2. The number of carbonyl (C=O) groups is 5. The molecule has 3 rings (SSSR count). The number of amides is 2. The Balaban J connectivity index is 1.67. The van der Waals surface area contributed by atoms with Crippen molar-refractivity contribution < 1.29 is 56.1 Å². The monoisotopic (exact) mass is 582 g/mol. The molecule has 1 fully saturated rings. The lowest BCUT2D eigenvalue weighted by Crippen LogP contribution is -2.50. The molecule has 220 valence electrons. The molecule has 0 bridgehead atoms. The molecule has 2 N–H and O–H groups in total. The maximum absolute atomic E-state index is 14.2. The van der Waals surface area contributed by atoms with E-state index in [0.717, 1.165) is 17.9 Å². The largest absolute Gasteiger partial charge is 0.481 e. The predicted octanol–water partition coefficient (Wildman–Crippen LogP) is 1.75. The Kier molecular flexibility index (Phi) is 10.5. The number of nitrogens with one attached hydrogen (secondary N) is 1. The number of aliphatic carboxylic acids is 1. The minimum Gasteiger partial charge on any atom is -0.481 e. The van der Waals surface area contributed by atoms with Gasteiger partial charge >= 0.3 is 5.97 Å². The molecule has 2 aromatic carbocycles. The van der Waals surface area contributed by atoms with Gasteiger partial charge in [0.2, 0.25) is 17.5 Å². The second-order valence-electron chi connectivity index (χ2n) is 9.26. The molecular weight excluding hydrogens is 556 g/mol. The van der Waals surface area contributed by atoms with Crippen LogP contribution in [0.5, 0.6) is 5.75 Å². The average Bonchev–Trinajstić information content (AvgIpc) is 3.18. The van der Waals surface area contributed by atoms with E-state index in [9.17, 15) is 46.6 Å². The summed E-state index contributed by atoms with van der Waals surface area (Å²) in [5, 5.41) is 11.4. The van der Waals surface area contributed by atoms with Gasteiger partial charge in [-0.05, 0) is 30.2 Å². The molecule has 14 heteroatoms. The van der Waals surface area contributed by atoms with E-state index in [2.05, 4.69) is 5.32 Å². The molecule has 2 amide bonds. The number of hydrogen-bond acceptors (Lipinski definition) is 7. The summed E-state index contributed by atoms with van der Waals surface area (Å²) in [5.41, 5.74) is -0.293. The van der Waals surface area contributed by atoms with Crippen molar-refractivity contribution in [3.05, 3.63) is 64.7 Å². The molecule has 0 aromatic heterocycles. The number of carboxylic acids is 1. The summed E-state index contributed by atoms with van der Waals surface area (Å²) in [6.45, 7) is -0.668. The minimum atomic E-state index is -1.73. The molecule has 2 aromatic rings. The second kappa shape index (κ2) is 13.8. The summed E-state index contributed by atoms with van der Waals surface area (Å²) >= 11 is 0. The number of ether oxygens (including phenoxy) is 2. The molecule has 1 saturated heterocycles. The summed E-state index contributed by atoms with van der Waals surface area (Å²) in [6, 6.07) is 4.28. The number of nitrogens with zero attached hydrogens (tertiary/aromatic N) is 1. The van der Waals surface area contributed by atoms with Crippen LogP contribution in [0.4, 0.5) is 17.6 Å². The van der Waals surface area contributed by atoms with E-state index < -0.39 is 89.8 Å². The highest BCUT2D eigenvalue weighted by atomic mass is 19.2. The quantitative estimate of drug-likeness (QED) is 0.232. The Labute approximate surface area is 231 Å². The Bertz CT molecular complexity index is 1330. The molecule has 10 nitrogen and oxygen atoms in total. The molecule has 0 spiro atoms. The second-order valence-corrected chi connectivity index (χ2v) is 9.26. The van der Waals surface area contributed by atoms with Crippen molar-refractivity contribution >= 4 is 29.4 Å². The van der Waals surface area contributed by atoms with Gasteiger partial charge in [-0.2, -0.15) is 4.39 Å². The van der Waals surface area contributed by atoms with E-state index in [4.69, 9.17) is 9.47 Å². The molecular formula is C27H26F4N2O8. The summed E-state index contributed by atoms with van der Waals surface area (Å²) < 4.78 is 65.9. The molecule has 41 heavy (non-hydrogen) atoms. The highest BCUT2D eigenvalue weighted by Gasteiger charge is 2.33. The number of ketones is 2. The molecule has 0 aliphatic carbocycles. The van der Waals surface area contributed by atoms with Crippen molar-refractivity contribution in [1.29, 1.82) is 0 Å². The van der Waals surface area contributed by atoms with Crippen LogP contribution in [-0.2, 0) is 35.1 Å². The van der Waals surface area contributed by atoms with Gasteiger partial charge in [-0.1, -0.05) is 18.2 Å². The molecule has 0 saturated carbocycles. The third kappa shape index (κ3) is 8.10. The molecule has 0 radical (unpaired) electrons. The molecule has 1 heterocycles. The average molecular weight is 583 g/mol. The fraction of sp³-hybridized carbons (Fsp3) is 0.370. The first-order valence-electron chi connectivity index (χ1n) is 12.3. The lowest BCUT2D eigenvalue weighted by molar-refractivity contribution is -0.145. The lowest BCUT2D eigenvalue weighted by Gasteiger charge is -2.24. The first-order chi connectivity index (χ1) is 19.4.